The highest BCUT2D eigenvalue weighted by Gasteiger charge is 2.23. The first-order valence-corrected chi connectivity index (χ1v) is 13.9. The molecule has 4 rings (SSSR count). The lowest BCUT2D eigenvalue weighted by Crippen LogP contribution is -2.35. The number of hydrogen-bond donors (Lipinski definition) is 0. The van der Waals surface area contributed by atoms with Gasteiger partial charge in [0.1, 0.15) is 18.1 Å². The molecule has 0 aromatic heterocycles. The quantitative estimate of drug-likeness (QED) is 0.138. The molecule has 0 fully saturated rings. The van der Waals surface area contributed by atoms with Crippen molar-refractivity contribution in [2.75, 3.05) is 37.1 Å². The molecule has 9 heteroatoms. The molecule has 4 aromatic carbocycles. The van der Waals surface area contributed by atoms with Gasteiger partial charge in [0.05, 0.1) is 33.4 Å². The van der Waals surface area contributed by atoms with Gasteiger partial charge in [-0.2, -0.15) is 0 Å². The number of halogens is 1. The van der Waals surface area contributed by atoms with Crippen LogP contribution in [0.3, 0.4) is 0 Å². The Morgan fingerprint density at radius 1 is 0.829 bits per heavy atom. The minimum atomic E-state index is -0.376. The van der Waals surface area contributed by atoms with Crippen LogP contribution < -0.4 is 13.9 Å². The minimum Gasteiger partial charge on any atom is -0.497 e. The molecular weight excluding hydrogens is 543 g/mol. The lowest BCUT2D eigenvalue weighted by atomic mass is 10.0. The van der Waals surface area contributed by atoms with E-state index in [-0.39, 0.29) is 36.8 Å². The number of hydrogen-bond acceptors (Lipinski definition) is 8. The Morgan fingerprint density at radius 2 is 1.49 bits per heavy atom. The molecule has 0 aliphatic carbocycles. The van der Waals surface area contributed by atoms with Crippen molar-refractivity contribution in [2.24, 2.45) is 0 Å². The van der Waals surface area contributed by atoms with Gasteiger partial charge in [-0.25, -0.2) is 4.39 Å². The fourth-order valence-corrected chi connectivity index (χ4v) is 5.53. The minimum absolute atomic E-state index is 0.0162. The molecule has 0 aliphatic rings. The van der Waals surface area contributed by atoms with E-state index in [0.717, 1.165) is 38.4 Å². The summed E-state index contributed by atoms with van der Waals surface area (Å²) >= 11 is 1.42. The Balaban J connectivity index is 1.79. The van der Waals surface area contributed by atoms with Crippen LogP contribution in [0.25, 0.3) is 10.8 Å². The van der Waals surface area contributed by atoms with Crippen molar-refractivity contribution >= 4 is 46.0 Å². The molecule has 214 valence electrons. The lowest BCUT2D eigenvalue weighted by Gasteiger charge is -2.33. The highest BCUT2D eigenvalue weighted by Crippen LogP contribution is 2.40. The van der Waals surface area contributed by atoms with Gasteiger partial charge in [-0.15, -0.1) is 0 Å². The number of esters is 2. The number of benzene rings is 4. The number of anilines is 2. The lowest BCUT2D eigenvalue weighted by molar-refractivity contribution is -0.141. The molecule has 0 saturated heterocycles. The van der Waals surface area contributed by atoms with E-state index in [2.05, 4.69) is 4.90 Å². The van der Waals surface area contributed by atoms with E-state index >= 15 is 0 Å². The van der Waals surface area contributed by atoms with Gasteiger partial charge >= 0.3 is 11.9 Å². The van der Waals surface area contributed by atoms with Gasteiger partial charge in [-0.05, 0) is 73.0 Å². The number of carbonyl (C=O) groups excluding carboxylic acids is 2. The van der Waals surface area contributed by atoms with Gasteiger partial charge in [0.15, 0.2) is 0 Å². The summed E-state index contributed by atoms with van der Waals surface area (Å²) in [6.45, 7) is 2.34. The van der Waals surface area contributed by atoms with Gasteiger partial charge in [0, 0.05) is 33.9 Å². The zero-order valence-corrected chi connectivity index (χ0v) is 24.3. The van der Waals surface area contributed by atoms with Crippen LogP contribution in [0.4, 0.5) is 15.8 Å². The van der Waals surface area contributed by atoms with Crippen molar-refractivity contribution < 1.29 is 28.2 Å². The Morgan fingerprint density at radius 3 is 2.12 bits per heavy atom. The zero-order valence-electron chi connectivity index (χ0n) is 23.5. The average molecular weight is 577 g/mol. The van der Waals surface area contributed by atoms with Crippen LogP contribution in [0.15, 0.2) is 89.8 Å². The highest BCUT2D eigenvalue weighted by atomic mass is 32.2. The number of ether oxygens (including phenoxy) is 3. The summed E-state index contributed by atoms with van der Waals surface area (Å²) in [4.78, 5) is 27.7. The molecule has 41 heavy (non-hydrogen) atoms. The van der Waals surface area contributed by atoms with E-state index in [1.165, 1.54) is 38.3 Å². The number of rotatable bonds is 12. The van der Waals surface area contributed by atoms with Crippen LogP contribution in [0.2, 0.25) is 0 Å². The Kier molecular flexibility index (Phi) is 10.1. The molecule has 0 aliphatic heterocycles. The SMILES string of the molecule is COC(=O)CC(C)N(Cc1cccc(F)c1)c1ccc(N(CC(=O)OC)Sc2ccc(OC)cc2)c2ccccc12. The van der Waals surface area contributed by atoms with Gasteiger partial charge in [0.2, 0.25) is 0 Å². The molecule has 0 bridgehead atoms. The van der Waals surface area contributed by atoms with Gasteiger partial charge in [0.25, 0.3) is 0 Å². The van der Waals surface area contributed by atoms with Gasteiger partial charge in [-0.1, -0.05) is 36.4 Å². The van der Waals surface area contributed by atoms with E-state index in [9.17, 15) is 14.0 Å². The number of fused-ring (bicyclic) bond motifs is 1. The molecule has 0 amide bonds. The smallest absolute Gasteiger partial charge is 0.326 e. The summed E-state index contributed by atoms with van der Waals surface area (Å²) in [5.74, 6) is -0.290. The second kappa shape index (κ2) is 13.9. The Labute approximate surface area is 243 Å². The molecule has 7 nitrogen and oxygen atoms in total. The maximum absolute atomic E-state index is 14.1. The van der Waals surface area contributed by atoms with Crippen molar-refractivity contribution in [3.8, 4) is 5.75 Å². The molecular formula is C32H33FN2O5S. The largest absolute Gasteiger partial charge is 0.497 e. The number of carbonyl (C=O) groups is 2. The zero-order chi connectivity index (χ0) is 29.4. The molecule has 0 spiro atoms. The predicted octanol–water partition coefficient (Wildman–Crippen LogP) is 6.63. The van der Waals surface area contributed by atoms with E-state index in [1.807, 2.05) is 78.0 Å². The molecule has 0 heterocycles. The van der Waals surface area contributed by atoms with Crippen LogP contribution >= 0.6 is 11.9 Å². The third-order valence-corrected chi connectivity index (χ3v) is 7.72. The van der Waals surface area contributed by atoms with Gasteiger partial charge < -0.3 is 23.4 Å². The first-order chi connectivity index (χ1) is 19.8. The van der Waals surface area contributed by atoms with Crippen molar-refractivity contribution in [1.82, 2.24) is 0 Å². The molecule has 0 N–H and O–H groups in total. The highest BCUT2D eigenvalue weighted by molar-refractivity contribution is 8.00. The monoisotopic (exact) mass is 576 g/mol. The fraction of sp³-hybridized carbons (Fsp3) is 0.250. The van der Waals surface area contributed by atoms with Crippen LogP contribution in [-0.4, -0.2) is 45.9 Å². The van der Waals surface area contributed by atoms with Gasteiger partial charge in [-0.3, -0.25) is 9.59 Å². The second-order valence-corrected chi connectivity index (χ2v) is 10.5. The summed E-state index contributed by atoms with van der Waals surface area (Å²) in [5.41, 5.74) is 2.47. The first-order valence-electron chi connectivity index (χ1n) is 13.1. The van der Waals surface area contributed by atoms with Crippen molar-refractivity contribution in [1.29, 1.82) is 0 Å². The van der Waals surface area contributed by atoms with E-state index in [1.54, 1.807) is 13.2 Å². The van der Waals surface area contributed by atoms with Crippen molar-refractivity contribution in [3.05, 3.63) is 96.3 Å². The summed E-state index contributed by atoms with van der Waals surface area (Å²) in [6, 6.07) is 25.6. The molecule has 0 radical (unpaired) electrons. The molecule has 1 unspecified atom stereocenters. The third kappa shape index (κ3) is 7.49. The number of nitrogens with zero attached hydrogens (tertiary/aromatic N) is 2. The summed E-state index contributed by atoms with van der Waals surface area (Å²) in [7, 11) is 4.35. The first kappa shape index (κ1) is 29.7. The summed E-state index contributed by atoms with van der Waals surface area (Å²) in [6.07, 6.45) is 0.156. The normalized spacial score (nSPS) is 11.5. The maximum Gasteiger partial charge on any atom is 0.326 e. The maximum atomic E-state index is 14.1. The molecule has 0 saturated carbocycles. The van der Waals surface area contributed by atoms with E-state index in [4.69, 9.17) is 14.2 Å². The van der Waals surface area contributed by atoms with Crippen LogP contribution in [-0.2, 0) is 25.6 Å². The fourth-order valence-electron chi connectivity index (χ4n) is 4.59. The Hall–Kier alpha value is -4.24. The van der Waals surface area contributed by atoms with Crippen molar-refractivity contribution in [3.63, 3.8) is 0 Å². The van der Waals surface area contributed by atoms with Crippen LogP contribution in [0.1, 0.15) is 18.9 Å². The topological polar surface area (TPSA) is 68.3 Å². The van der Waals surface area contributed by atoms with Crippen molar-refractivity contribution in [2.45, 2.75) is 30.8 Å². The van der Waals surface area contributed by atoms with E-state index in [0.29, 0.717) is 6.54 Å². The Bertz CT molecular complexity index is 1500. The predicted molar refractivity (Wildman–Crippen MR) is 161 cm³/mol. The standard InChI is InChI=1S/C32H33FN2O5S/c1-22(18-31(36)39-3)34(20-23-8-7-9-24(33)19-23)29-16-17-30(28-11-6-5-10-27(28)29)35(21-32(37)40-4)41-26-14-12-25(38-2)13-15-26/h5-17,19,22H,18,20-21H2,1-4H3. The molecule has 4 aromatic rings. The average Bonchev–Trinajstić information content (AvgIpc) is 2.99. The molecule has 1 atom stereocenters. The summed E-state index contributed by atoms with van der Waals surface area (Å²) in [5, 5.41) is 1.83. The third-order valence-electron chi connectivity index (χ3n) is 6.70. The van der Waals surface area contributed by atoms with Crippen LogP contribution in [0, 0.1) is 5.82 Å². The van der Waals surface area contributed by atoms with E-state index < -0.39 is 0 Å². The number of methoxy groups -OCH3 is 3. The van der Waals surface area contributed by atoms with Crippen LogP contribution in [0.5, 0.6) is 5.75 Å². The second-order valence-electron chi connectivity index (χ2n) is 9.42. The summed E-state index contributed by atoms with van der Waals surface area (Å²) < 4.78 is 31.2.